The molecule has 8 atom stereocenters. The SMILES string of the molecule is C=CC1=C(C)/C2=C/C3NC(C4=c5[nH]/c(c(C)c5C(=O)[C@@H]4C(=O)OC)=C\c4[nH]c(c(C)c4CC)C[C@@H]1N2)[C@@H](CCC(=O)OC/C=C(\C)CCC[C@H](C)CCC[C@H](C)CCCC(C)C)[C@@H]3C. The Hall–Kier alpha value is -4.37. The fourth-order valence-corrected chi connectivity index (χ4v) is 11.3. The number of hydrogen-bond donors (Lipinski definition) is 4. The van der Waals surface area contributed by atoms with E-state index in [0.29, 0.717) is 22.9 Å². The van der Waals surface area contributed by atoms with Crippen molar-refractivity contribution >= 4 is 29.4 Å². The van der Waals surface area contributed by atoms with Gasteiger partial charge in [0.15, 0.2) is 5.78 Å². The molecule has 2 aromatic rings. The molecule has 64 heavy (non-hydrogen) atoms. The van der Waals surface area contributed by atoms with Gasteiger partial charge in [-0.1, -0.05) is 105 Å². The summed E-state index contributed by atoms with van der Waals surface area (Å²) in [6, 6.07) is -0.451. The number of aromatic nitrogens is 2. The highest BCUT2D eigenvalue weighted by Gasteiger charge is 2.50. The zero-order valence-corrected chi connectivity index (χ0v) is 41.2. The van der Waals surface area contributed by atoms with Crippen molar-refractivity contribution in [3.05, 3.63) is 91.6 Å². The minimum atomic E-state index is -1.08. The van der Waals surface area contributed by atoms with Gasteiger partial charge in [0, 0.05) is 52.9 Å². The maximum atomic E-state index is 14.4. The Balaban J connectivity index is 1.19. The predicted octanol–water partition coefficient (Wildman–Crippen LogP) is 9.70. The topological polar surface area (TPSA) is 125 Å². The normalized spacial score (nSPS) is 25.2. The third-order valence-corrected chi connectivity index (χ3v) is 15.4. The summed E-state index contributed by atoms with van der Waals surface area (Å²) in [5.74, 6) is 0.179. The van der Waals surface area contributed by atoms with Crippen LogP contribution in [0.4, 0.5) is 0 Å². The number of carbonyl (C=O) groups excluding carboxylic acids is 3. The molecule has 1 aliphatic carbocycles. The number of nitrogens with one attached hydrogen (secondary N) is 4. The number of Topliss-reactive ketones (excluding diaryl/α,β-unsaturated/α-hetero) is 1. The zero-order chi connectivity index (χ0) is 46.4. The summed E-state index contributed by atoms with van der Waals surface area (Å²) in [5, 5.41) is 9.26. The van der Waals surface area contributed by atoms with E-state index < -0.39 is 11.9 Å². The van der Waals surface area contributed by atoms with Crippen molar-refractivity contribution < 1.29 is 23.9 Å². The second kappa shape index (κ2) is 21.7. The van der Waals surface area contributed by atoms with Crippen molar-refractivity contribution in [3.8, 4) is 0 Å². The molecule has 6 rings (SSSR count). The molecule has 3 aliphatic heterocycles. The van der Waals surface area contributed by atoms with Gasteiger partial charge in [0.05, 0.1) is 18.5 Å². The fourth-order valence-electron chi connectivity index (χ4n) is 11.3. The number of ether oxygens (including phenoxy) is 2. The Morgan fingerprint density at radius 2 is 1.64 bits per heavy atom. The number of ketones is 1. The highest BCUT2D eigenvalue weighted by Crippen LogP contribution is 2.42. The van der Waals surface area contributed by atoms with E-state index >= 15 is 0 Å². The number of rotatable bonds is 20. The minimum absolute atomic E-state index is 0.0478. The zero-order valence-electron chi connectivity index (χ0n) is 41.2. The molecular formula is C55H80N4O5. The van der Waals surface area contributed by atoms with Crippen LogP contribution < -0.4 is 21.3 Å². The Morgan fingerprint density at radius 3 is 2.30 bits per heavy atom. The van der Waals surface area contributed by atoms with Crippen LogP contribution in [0.25, 0.3) is 11.6 Å². The molecule has 5 heterocycles. The minimum Gasteiger partial charge on any atom is -0.468 e. The summed E-state index contributed by atoms with van der Waals surface area (Å²) in [6.07, 6.45) is 22.2. The Bertz CT molecular complexity index is 2270. The van der Waals surface area contributed by atoms with E-state index in [0.717, 1.165) is 71.3 Å². The van der Waals surface area contributed by atoms with Gasteiger partial charge in [-0.25, -0.2) is 0 Å². The lowest BCUT2D eigenvalue weighted by Gasteiger charge is -2.25. The van der Waals surface area contributed by atoms with E-state index in [1.165, 1.54) is 80.0 Å². The van der Waals surface area contributed by atoms with E-state index in [4.69, 9.17) is 9.47 Å². The molecule has 350 valence electrons. The summed E-state index contributed by atoms with van der Waals surface area (Å²) in [5.41, 5.74) is 11.3. The smallest absolute Gasteiger partial charge is 0.320 e. The van der Waals surface area contributed by atoms with Gasteiger partial charge in [0.2, 0.25) is 0 Å². The fraction of sp³-hybridized carbons (Fsp3) is 0.618. The molecule has 2 aromatic heterocycles. The van der Waals surface area contributed by atoms with Gasteiger partial charge in [-0.15, -0.1) is 0 Å². The van der Waals surface area contributed by atoms with Gasteiger partial charge < -0.3 is 30.1 Å². The molecule has 4 aliphatic rings. The van der Waals surface area contributed by atoms with Gasteiger partial charge in [-0.05, 0) is 135 Å². The van der Waals surface area contributed by atoms with Crippen molar-refractivity contribution in [3.63, 3.8) is 0 Å². The Kier molecular flexibility index (Phi) is 16.7. The molecule has 1 saturated heterocycles. The van der Waals surface area contributed by atoms with Crippen molar-refractivity contribution in [2.45, 2.75) is 171 Å². The number of methoxy groups -OCH3 is 1. The van der Waals surface area contributed by atoms with Crippen molar-refractivity contribution in [1.82, 2.24) is 20.6 Å². The molecule has 1 fully saturated rings. The quantitative estimate of drug-likeness (QED) is 0.0594. The number of H-pyrrole nitrogens is 2. The summed E-state index contributed by atoms with van der Waals surface area (Å²) < 4.78 is 11.2. The van der Waals surface area contributed by atoms with Gasteiger partial charge in [0.25, 0.3) is 0 Å². The molecule has 0 spiro atoms. The molecule has 0 saturated carbocycles. The molecule has 9 heteroatoms. The Labute approximate surface area is 384 Å². The molecule has 9 nitrogen and oxygen atoms in total. The largest absolute Gasteiger partial charge is 0.468 e. The first-order chi connectivity index (χ1) is 30.6. The van der Waals surface area contributed by atoms with Crippen LogP contribution in [0.3, 0.4) is 0 Å². The average molecular weight is 877 g/mol. The second-order valence-electron chi connectivity index (χ2n) is 20.4. The lowest BCUT2D eigenvalue weighted by atomic mass is 9.79. The predicted molar refractivity (Wildman–Crippen MR) is 260 cm³/mol. The van der Waals surface area contributed by atoms with E-state index in [1.54, 1.807) is 0 Å². The van der Waals surface area contributed by atoms with Gasteiger partial charge >= 0.3 is 11.9 Å². The van der Waals surface area contributed by atoms with Gasteiger partial charge in [-0.3, -0.25) is 14.4 Å². The number of allylic oxidation sites excluding steroid dienone is 2. The maximum absolute atomic E-state index is 14.4. The maximum Gasteiger partial charge on any atom is 0.320 e. The molecule has 2 unspecified atom stereocenters. The van der Waals surface area contributed by atoms with Crippen LogP contribution in [-0.2, 0) is 31.9 Å². The van der Waals surface area contributed by atoms with E-state index in [9.17, 15) is 14.4 Å². The lowest BCUT2D eigenvalue weighted by Crippen LogP contribution is -2.39. The van der Waals surface area contributed by atoms with Crippen LogP contribution in [-0.4, -0.2) is 59.5 Å². The first-order valence-electron chi connectivity index (χ1n) is 24.7. The summed E-state index contributed by atoms with van der Waals surface area (Å²) in [4.78, 5) is 48.9. The lowest BCUT2D eigenvalue weighted by molar-refractivity contribution is -0.143. The van der Waals surface area contributed by atoms with E-state index in [1.807, 2.05) is 13.0 Å². The molecular weight excluding hydrogens is 797 g/mol. The third-order valence-electron chi connectivity index (χ3n) is 15.4. The van der Waals surface area contributed by atoms with E-state index in [-0.39, 0.29) is 54.7 Å². The molecule has 0 aromatic carbocycles. The second-order valence-corrected chi connectivity index (χ2v) is 20.4. The molecule has 4 N–H and O–H groups in total. The highest BCUT2D eigenvalue weighted by molar-refractivity contribution is 6.19. The standard InChI is InChI=1S/C55H80N4O5/c1-13-39-35(8)42-28-44-37(10)41(24-25-48(60)64-27-26-34(7)23-17-22-33(6)21-16-20-32(5)19-15-18-31(3)4)52(58-44)50-51(55(62)63-12)54(61)49-38(11)45(59-53(49)50)30-47-40(14-2)36(9)43(57-47)29-46(39)56-42/h13,26,28,30-33,37,41,44,46,51-52,56-59H,1,14-25,27,29H2,2-12H3/b34-26+,42-28-,45-30-/t32-,33-,37+,41+,44?,46+,51-,52?/m1/s1. The third kappa shape index (κ3) is 10.8. The van der Waals surface area contributed by atoms with Crippen LogP contribution in [0, 0.1) is 49.4 Å². The monoisotopic (exact) mass is 877 g/mol. The van der Waals surface area contributed by atoms with Crippen LogP contribution >= 0.6 is 0 Å². The summed E-state index contributed by atoms with van der Waals surface area (Å²) in [7, 11) is 1.34. The van der Waals surface area contributed by atoms with Crippen molar-refractivity contribution in [2.24, 2.45) is 35.5 Å². The first kappa shape index (κ1) is 49.1. The van der Waals surface area contributed by atoms with Crippen molar-refractivity contribution in [2.75, 3.05) is 13.7 Å². The number of esters is 2. The number of fused-ring (bicyclic) bond motifs is 8. The van der Waals surface area contributed by atoms with Crippen LogP contribution in [0.15, 0.2) is 47.2 Å². The summed E-state index contributed by atoms with van der Waals surface area (Å²) >= 11 is 0. The molecule has 0 amide bonds. The molecule has 0 radical (unpaired) electrons. The summed E-state index contributed by atoms with van der Waals surface area (Å²) in [6.45, 7) is 26.7. The van der Waals surface area contributed by atoms with Crippen LogP contribution in [0.2, 0.25) is 0 Å². The van der Waals surface area contributed by atoms with Crippen LogP contribution in [0.1, 0.15) is 164 Å². The molecule has 8 bridgehead atoms. The highest BCUT2D eigenvalue weighted by atomic mass is 16.5. The number of aromatic amines is 2. The number of carbonyl (C=O) groups is 3. The van der Waals surface area contributed by atoms with E-state index in [2.05, 4.69) is 108 Å². The first-order valence-corrected chi connectivity index (χ1v) is 24.7. The van der Waals surface area contributed by atoms with Crippen molar-refractivity contribution in [1.29, 1.82) is 0 Å². The van der Waals surface area contributed by atoms with Crippen LogP contribution in [0.5, 0.6) is 0 Å². The Morgan fingerprint density at radius 1 is 0.953 bits per heavy atom. The number of hydrogen-bond acceptors (Lipinski definition) is 7. The van der Waals surface area contributed by atoms with Gasteiger partial charge in [-0.2, -0.15) is 0 Å². The van der Waals surface area contributed by atoms with Gasteiger partial charge in [0.1, 0.15) is 12.5 Å². The average Bonchev–Trinajstić information content (AvgIpc) is 3.99.